The van der Waals surface area contributed by atoms with Crippen molar-refractivity contribution < 1.29 is 4.79 Å². The summed E-state index contributed by atoms with van der Waals surface area (Å²) < 4.78 is 0. The Labute approximate surface area is 141 Å². The lowest BCUT2D eigenvalue weighted by Crippen LogP contribution is -2.50. The molecule has 0 unspecified atom stereocenters. The van der Waals surface area contributed by atoms with E-state index in [1.54, 1.807) is 6.33 Å². The summed E-state index contributed by atoms with van der Waals surface area (Å²) in [6, 6.07) is 2.37. The van der Waals surface area contributed by atoms with Crippen molar-refractivity contribution in [2.75, 3.05) is 24.5 Å². The van der Waals surface area contributed by atoms with Gasteiger partial charge in [0.2, 0.25) is 5.91 Å². The van der Waals surface area contributed by atoms with Gasteiger partial charge in [0.1, 0.15) is 17.8 Å². The number of amides is 1. The minimum Gasteiger partial charge on any atom is -0.353 e. The second-order valence-corrected chi connectivity index (χ2v) is 7.56. The highest BCUT2D eigenvalue weighted by Gasteiger charge is 2.42. The third-order valence-electron chi connectivity index (χ3n) is 6.11. The Morgan fingerprint density at radius 3 is 2.92 bits per heavy atom. The Morgan fingerprint density at radius 1 is 1.17 bits per heavy atom. The number of hydrogen-bond acceptors (Lipinski definition) is 4. The van der Waals surface area contributed by atoms with Gasteiger partial charge < -0.3 is 14.8 Å². The van der Waals surface area contributed by atoms with E-state index in [9.17, 15) is 4.79 Å². The average molecular weight is 325 g/mol. The molecule has 1 saturated carbocycles. The number of fused-ring (bicyclic) bond motifs is 5. The van der Waals surface area contributed by atoms with Gasteiger partial charge in [-0.05, 0) is 37.7 Å². The number of nitrogens with zero attached hydrogens (tertiary/aromatic N) is 4. The zero-order valence-electron chi connectivity index (χ0n) is 13.8. The van der Waals surface area contributed by atoms with Crippen molar-refractivity contribution in [1.82, 2.24) is 19.9 Å². The molecule has 0 radical (unpaired) electrons. The molecule has 6 rings (SSSR count). The van der Waals surface area contributed by atoms with Gasteiger partial charge in [-0.2, -0.15) is 0 Å². The lowest BCUT2D eigenvalue weighted by Gasteiger charge is -2.40. The van der Waals surface area contributed by atoms with E-state index in [0.29, 0.717) is 11.9 Å². The molecule has 0 aromatic carbocycles. The summed E-state index contributed by atoms with van der Waals surface area (Å²) in [7, 11) is 0. The van der Waals surface area contributed by atoms with Crippen LogP contribution in [0.2, 0.25) is 0 Å². The van der Waals surface area contributed by atoms with Gasteiger partial charge in [-0.25, -0.2) is 9.97 Å². The maximum atomic E-state index is 12.9. The number of hydrogen-bond donors (Lipinski definition) is 1. The number of rotatable bonds is 3. The topological polar surface area (TPSA) is 65.1 Å². The fraction of sp³-hybridized carbons (Fsp3) is 0.611. The maximum Gasteiger partial charge on any atom is 0.227 e. The highest BCUT2D eigenvalue weighted by atomic mass is 16.2. The molecule has 6 heteroatoms. The minimum absolute atomic E-state index is 0.118. The molecule has 2 atom stereocenters. The SMILES string of the molecule is O=C1[C@H]2CC[C@H](CN(c3ncnc4[nH]ccc34)C2)N1CC1CCC1. The van der Waals surface area contributed by atoms with Crippen molar-refractivity contribution in [3.63, 3.8) is 0 Å². The molecule has 2 aromatic heterocycles. The van der Waals surface area contributed by atoms with Crippen LogP contribution in [0, 0.1) is 11.8 Å². The minimum atomic E-state index is 0.118. The quantitative estimate of drug-likeness (QED) is 0.939. The molecule has 4 fully saturated rings. The van der Waals surface area contributed by atoms with Crippen molar-refractivity contribution >= 4 is 22.8 Å². The van der Waals surface area contributed by atoms with Crippen LogP contribution in [-0.4, -0.2) is 51.4 Å². The van der Waals surface area contributed by atoms with E-state index in [-0.39, 0.29) is 5.92 Å². The van der Waals surface area contributed by atoms with Crippen molar-refractivity contribution in [1.29, 1.82) is 0 Å². The number of carbonyl (C=O) groups is 1. The fourth-order valence-corrected chi connectivity index (χ4v) is 4.52. The summed E-state index contributed by atoms with van der Waals surface area (Å²) in [6.45, 7) is 2.65. The molecule has 4 aliphatic rings. The largest absolute Gasteiger partial charge is 0.353 e. The van der Waals surface area contributed by atoms with E-state index in [4.69, 9.17) is 0 Å². The van der Waals surface area contributed by atoms with Gasteiger partial charge in [0, 0.05) is 31.9 Å². The second kappa shape index (κ2) is 5.46. The van der Waals surface area contributed by atoms with E-state index in [0.717, 1.165) is 55.2 Å². The van der Waals surface area contributed by atoms with Crippen LogP contribution in [0.25, 0.3) is 11.0 Å². The van der Waals surface area contributed by atoms with Crippen LogP contribution in [0.4, 0.5) is 5.82 Å². The van der Waals surface area contributed by atoms with Crippen LogP contribution < -0.4 is 4.90 Å². The third-order valence-corrected chi connectivity index (χ3v) is 6.11. The van der Waals surface area contributed by atoms with Gasteiger partial charge in [0.15, 0.2) is 0 Å². The van der Waals surface area contributed by atoms with Crippen molar-refractivity contribution in [3.05, 3.63) is 18.6 Å². The number of H-pyrrole nitrogens is 1. The first-order valence-corrected chi connectivity index (χ1v) is 9.13. The van der Waals surface area contributed by atoms with Gasteiger partial charge >= 0.3 is 0 Å². The van der Waals surface area contributed by atoms with Crippen molar-refractivity contribution in [2.45, 2.75) is 38.1 Å². The first kappa shape index (κ1) is 14.3. The summed E-state index contributed by atoms with van der Waals surface area (Å²) in [4.78, 5) is 29.4. The zero-order chi connectivity index (χ0) is 16.1. The third kappa shape index (κ3) is 2.19. The van der Waals surface area contributed by atoms with E-state index in [2.05, 4.69) is 24.8 Å². The second-order valence-electron chi connectivity index (χ2n) is 7.56. The molecule has 3 saturated heterocycles. The molecule has 3 aliphatic heterocycles. The van der Waals surface area contributed by atoms with Crippen LogP contribution in [-0.2, 0) is 4.79 Å². The summed E-state index contributed by atoms with van der Waals surface area (Å²) in [5.41, 5.74) is 0.870. The molecule has 126 valence electrons. The lowest BCUT2D eigenvalue weighted by atomic mass is 9.83. The highest BCUT2D eigenvalue weighted by molar-refractivity contribution is 5.88. The first-order valence-electron chi connectivity index (χ1n) is 9.13. The summed E-state index contributed by atoms with van der Waals surface area (Å²) >= 11 is 0. The number of piperidine rings is 1. The van der Waals surface area contributed by atoms with Gasteiger partial charge in [0.25, 0.3) is 0 Å². The molecular formula is C18H23N5O. The Morgan fingerprint density at radius 2 is 2.08 bits per heavy atom. The van der Waals surface area contributed by atoms with Gasteiger partial charge in [-0.1, -0.05) is 6.42 Å². The fourth-order valence-electron chi connectivity index (χ4n) is 4.52. The molecule has 2 bridgehead atoms. The predicted octanol–water partition coefficient (Wildman–Crippen LogP) is 2.19. The van der Waals surface area contributed by atoms with Crippen molar-refractivity contribution in [3.8, 4) is 0 Å². The van der Waals surface area contributed by atoms with Crippen molar-refractivity contribution in [2.24, 2.45) is 11.8 Å². The zero-order valence-corrected chi connectivity index (χ0v) is 13.8. The summed E-state index contributed by atoms with van der Waals surface area (Å²) in [5.74, 6) is 2.20. The van der Waals surface area contributed by atoms with Crippen LogP contribution >= 0.6 is 0 Å². The molecule has 0 spiro atoms. The van der Waals surface area contributed by atoms with E-state index in [1.807, 2.05) is 12.3 Å². The predicted molar refractivity (Wildman–Crippen MR) is 91.7 cm³/mol. The molecule has 24 heavy (non-hydrogen) atoms. The van der Waals surface area contributed by atoms with Crippen LogP contribution in [0.5, 0.6) is 0 Å². The van der Waals surface area contributed by atoms with E-state index < -0.39 is 0 Å². The van der Waals surface area contributed by atoms with Crippen LogP contribution in [0.15, 0.2) is 18.6 Å². The standard InChI is InChI=1S/C18H23N5O/c24-18-13-4-5-14(23(18)8-12-2-1-3-12)10-22(9-13)17-15-6-7-19-16(15)20-11-21-17/h6-7,11-14H,1-5,8-10H2,(H,19,20,21)/t13-,14+/m0/s1. The number of anilines is 1. The molecule has 2 aromatic rings. The Bertz CT molecular complexity index is 768. The summed E-state index contributed by atoms with van der Waals surface area (Å²) in [6.07, 6.45) is 9.59. The van der Waals surface area contributed by atoms with Gasteiger partial charge in [-0.15, -0.1) is 0 Å². The smallest absolute Gasteiger partial charge is 0.227 e. The van der Waals surface area contributed by atoms with Gasteiger partial charge in [0.05, 0.1) is 11.3 Å². The maximum absolute atomic E-state index is 12.9. The Hall–Kier alpha value is -2.11. The summed E-state index contributed by atoms with van der Waals surface area (Å²) in [5, 5.41) is 1.05. The molecule has 1 amide bonds. The Kier molecular flexibility index (Phi) is 3.24. The molecule has 5 heterocycles. The highest BCUT2D eigenvalue weighted by Crippen LogP contribution is 2.35. The normalized spacial score (nSPS) is 27.6. The monoisotopic (exact) mass is 325 g/mol. The Balaban J connectivity index is 1.46. The average Bonchev–Trinajstić information content (AvgIpc) is 2.87. The number of aromatic amines is 1. The van der Waals surface area contributed by atoms with Crippen LogP contribution in [0.3, 0.4) is 0 Å². The van der Waals surface area contributed by atoms with Gasteiger partial charge in [-0.3, -0.25) is 4.79 Å². The lowest BCUT2D eigenvalue weighted by molar-refractivity contribution is -0.141. The molecule has 1 aliphatic carbocycles. The molecule has 1 N–H and O–H groups in total. The first-order chi connectivity index (χ1) is 11.8. The number of carbonyl (C=O) groups excluding carboxylic acids is 1. The number of nitrogens with one attached hydrogen (secondary N) is 1. The molecular weight excluding hydrogens is 302 g/mol. The molecule has 6 nitrogen and oxygen atoms in total. The van der Waals surface area contributed by atoms with E-state index in [1.165, 1.54) is 19.3 Å². The van der Waals surface area contributed by atoms with E-state index >= 15 is 0 Å². The van der Waals surface area contributed by atoms with Crippen LogP contribution in [0.1, 0.15) is 32.1 Å². The number of aromatic nitrogens is 3.